The first-order valence-electron chi connectivity index (χ1n) is 4.98. The average molecular weight is 154 g/mol. The van der Waals surface area contributed by atoms with Crippen LogP contribution in [0, 0.1) is 11.3 Å². The van der Waals surface area contributed by atoms with Gasteiger partial charge in [0.2, 0.25) is 0 Å². The van der Waals surface area contributed by atoms with Crippen LogP contribution in [-0.2, 0) is 0 Å². The molecule has 0 heterocycles. The van der Waals surface area contributed by atoms with E-state index in [-0.39, 0.29) is 0 Å². The summed E-state index contributed by atoms with van der Waals surface area (Å²) in [4.78, 5) is 0. The van der Waals surface area contributed by atoms with Crippen LogP contribution in [0.3, 0.4) is 0 Å². The lowest BCUT2D eigenvalue weighted by Gasteiger charge is -2.37. The van der Waals surface area contributed by atoms with E-state index in [9.17, 15) is 5.11 Å². The van der Waals surface area contributed by atoms with Gasteiger partial charge in [0.25, 0.3) is 0 Å². The molecule has 2 saturated carbocycles. The van der Waals surface area contributed by atoms with E-state index in [2.05, 4.69) is 0 Å². The van der Waals surface area contributed by atoms with Gasteiger partial charge < -0.3 is 5.11 Å². The number of aliphatic hydroxyl groups is 1. The molecule has 2 fully saturated rings. The monoisotopic (exact) mass is 154 g/mol. The Balaban J connectivity index is 2.12. The van der Waals surface area contributed by atoms with Crippen LogP contribution in [0.25, 0.3) is 0 Å². The molecule has 0 aliphatic heterocycles. The molecule has 0 spiro atoms. The lowest BCUT2D eigenvalue weighted by molar-refractivity contribution is 0.0473. The predicted molar refractivity (Wildman–Crippen MR) is 45.3 cm³/mol. The van der Waals surface area contributed by atoms with Gasteiger partial charge in [-0.15, -0.1) is 0 Å². The Bertz CT molecular complexity index is 144. The van der Waals surface area contributed by atoms with Gasteiger partial charge in [0.1, 0.15) is 0 Å². The van der Waals surface area contributed by atoms with Gasteiger partial charge in [-0.05, 0) is 37.0 Å². The molecule has 0 aromatic heterocycles. The van der Waals surface area contributed by atoms with Gasteiger partial charge in [0.05, 0.1) is 0 Å². The summed E-state index contributed by atoms with van der Waals surface area (Å²) in [5, 5.41) is 9.35. The van der Waals surface area contributed by atoms with Crippen molar-refractivity contribution in [1.82, 2.24) is 0 Å². The van der Waals surface area contributed by atoms with E-state index < -0.39 is 0 Å². The molecule has 1 nitrogen and oxygen atoms in total. The summed E-state index contributed by atoms with van der Waals surface area (Å²) >= 11 is 0. The normalized spacial score (nSPS) is 43.9. The van der Waals surface area contributed by atoms with E-state index in [0.717, 1.165) is 5.92 Å². The van der Waals surface area contributed by atoms with E-state index in [0.29, 0.717) is 12.0 Å². The van der Waals surface area contributed by atoms with Gasteiger partial charge in [-0.1, -0.05) is 19.3 Å². The van der Waals surface area contributed by atoms with Crippen molar-refractivity contribution in [3.63, 3.8) is 0 Å². The van der Waals surface area contributed by atoms with Gasteiger partial charge in [-0.3, -0.25) is 0 Å². The van der Waals surface area contributed by atoms with Crippen molar-refractivity contribution in [2.45, 2.75) is 44.9 Å². The molecule has 0 bridgehead atoms. The van der Waals surface area contributed by atoms with Gasteiger partial charge in [0, 0.05) is 6.61 Å². The van der Waals surface area contributed by atoms with E-state index in [4.69, 9.17) is 0 Å². The molecule has 0 unspecified atom stereocenters. The minimum Gasteiger partial charge on any atom is -0.396 e. The Morgan fingerprint density at radius 1 is 1.09 bits per heavy atom. The second-order valence-corrected chi connectivity index (χ2v) is 4.36. The standard InChI is InChI=1S/C10H18O/c11-8-10-6-2-1-4-9(10)5-3-7-10/h9,11H,1-8H2/t9-,10+/m0/s1. The Kier molecular flexibility index (Phi) is 1.92. The molecule has 0 aromatic carbocycles. The number of hydrogen-bond donors (Lipinski definition) is 1. The summed E-state index contributed by atoms with van der Waals surface area (Å²) in [6.07, 6.45) is 9.51. The van der Waals surface area contributed by atoms with Crippen LogP contribution in [0.4, 0.5) is 0 Å². The topological polar surface area (TPSA) is 20.2 Å². The van der Waals surface area contributed by atoms with Gasteiger partial charge in [-0.25, -0.2) is 0 Å². The van der Waals surface area contributed by atoms with Crippen LogP contribution in [0.2, 0.25) is 0 Å². The summed E-state index contributed by atoms with van der Waals surface area (Å²) in [6.45, 7) is 0.456. The molecule has 1 heteroatoms. The van der Waals surface area contributed by atoms with Crippen LogP contribution in [-0.4, -0.2) is 11.7 Å². The third-order valence-electron chi connectivity index (χ3n) is 3.89. The number of hydrogen-bond acceptors (Lipinski definition) is 1. The minimum atomic E-state index is 0.387. The summed E-state index contributed by atoms with van der Waals surface area (Å²) < 4.78 is 0. The van der Waals surface area contributed by atoms with Crippen molar-refractivity contribution in [1.29, 1.82) is 0 Å². The maximum Gasteiger partial charge on any atom is 0.0490 e. The van der Waals surface area contributed by atoms with E-state index in [1.54, 1.807) is 0 Å². The van der Waals surface area contributed by atoms with Crippen LogP contribution in [0.5, 0.6) is 0 Å². The highest BCUT2D eigenvalue weighted by Crippen LogP contribution is 2.51. The van der Waals surface area contributed by atoms with Crippen LogP contribution in [0.1, 0.15) is 44.9 Å². The highest BCUT2D eigenvalue weighted by molar-refractivity contribution is 4.93. The van der Waals surface area contributed by atoms with Crippen molar-refractivity contribution in [3.05, 3.63) is 0 Å². The van der Waals surface area contributed by atoms with Crippen LogP contribution >= 0.6 is 0 Å². The zero-order chi connectivity index (χ0) is 7.73. The predicted octanol–water partition coefficient (Wildman–Crippen LogP) is 2.34. The summed E-state index contributed by atoms with van der Waals surface area (Å²) in [7, 11) is 0. The van der Waals surface area contributed by atoms with Crippen molar-refractivity contribution in [2.24, 2.45) is 11.3 Å². The quantitative estimate of drug-likeness (QED) is 0.614. The van der Waals surface area contributed by atoms with Crippen molar-refractivity contribution in [2.75, 3.05) is 6.61 Å². The smallest absolute Gasteiger partial charge is 0.0490 e. The fraction of sp³-hybridized carbons (Fsp3) is 1.00. The van der Waals surface area contributed by atoms with Gasteiger partial charge in [0.15, 0.2) is 0 Å². The molecule has 2 aliphatic rings. The van der Waals surface area contributed by atoms with Crippen LogP contribution in [0.15, 0.2) is 0 Å². The Morgan fingerprint density at radius 3 is 2.55 bits per heavy atom. The Hall–Kier alpha value is -0.0400. The maximum atomic E-state index is 9.35. The first kappa shape index (κ1) is 7.60. The summed E-state index contributed by atoms with van der Waals surface area (Å²) in [5.74, 6) is 0.876. The lowest BCUT2D eigenvalue weighted by atomic mass is 9.69. The largest absolute Gasteiger partial charge is 0.396 e. The Labute approximate surface area is 68.8 Å². The van der Waals surface area contributed by atoms with Crippen LogP contribution < -0.4 is 0 Å². The number of rotatable bonds is 1. The zero-order valence-corrected chi connectivity index (χ0v) is 7.18. The molecule has 11 heavy (non-hydrogen) atoms. The lowest BCUT2D eigenvalue weighted by Crippen LogP contribution is -2.32. The summed E-state index contributed by atoms with van der Waals surface area (Å²) in [6, 6.07) is 0. The summed E-state index contributed by atoms with van der Waals surface area (Å²) in [5.41, 5.74) is 0.387. The highest BCUT2D eigenvalue weighted by Gasteiger charge is 2.43. The fourth-order valence-electron chi connectivity index (χ4n) is 3.15. The molecule has 2 rings (SSSR count). The molecular formula is C10H18O. The highest BCUT2D eigenvalue weighted by atomic mass is 16.3. The second-order valence-electron chi connectivity index (χ2n) is 4.36. The van der Waals surface area contributed by atoms with E-state index in [1.165, 1.54) is 44.9 Å². The third-order valence-corrected chi connectivity index (χ3v) is 3.89. The SMILES string of the molecule is OC[C@]12CCCC[C@H]1CCC2. The molecular weight excluding hydrogens is 136 g/mol. The second kappa shape index (κ2) is 2.78. The van der Waals surface area contributed by atoms with Crippen molar-refractivity contribution >= 4 is 0 Å². The first-order valence-corrected chi connectivity index (χ1v) is 4.98. The first-order chi connectivity index (χ1) is 5.37. The van der Waals surface area contributed by atoms with Crippen molar-refractivity contribution in [3.8, 4) is 0 Å². The molecule has 0 saturated heterocycles. The number of aliphatic hydroxyl groups excluding tert-OH is 1. The third kappa shape index (κ3) is 1.10. The molecule has 2 aliphatic carbocycles. The maximum absolute atomic E-state index is 9.35. The fourth-order valence-corrected chi connectivity index (χ4v) is 3.15. The molecule has 0 radical (unpaired) electrons. The minimum absolute atomic E-state index is 0.387. The zero-order valence-electron chi connectivity index (χ0n) is 7.18. The molecule has 64 valence electrons. The molecule has 0 amide bonds. The van der Waals surface area contributed by atoms with E-state index >= 15 is 0 Å². The van der Waals surface area contributed by atoms with Crippen molar-refractivity contribution < 1.29 is 5.11 Å². The molecule has 0 aromatic rings. The van der Waals surface area contributed by atoms with Gasteiger partial charge in [-0.2, -0.15) is 0 Å². The van der Waals surface area contributed by atoms with Gasteiger partial charge >= 0.3 is 0 Å². The molecule has 1 N–H and O–H groups in total. The number of fused-ring (bicyclic) bond motifs is 1. The Morgan fingerprint density at radius 2 is 1.82 bits per heavy atom. The average Bonchev–Trinajstić information content (AvgIpc) is 2.48. The molecule has 2 atom stereocenters. The van der Waals surface area contributed by atoms with E-state index in [1.807, 2.05) is 0 Å².